The maximum Gasteiger partial charge on any atom is 0.163 e. The van der Waals surface area contributed by atoms with E-state index in [4.69, 9.17) is 19.4 Å². The molecule has 7 nitrogen and oxygen atoms in total. The highest BCUT2D eigenvalue weighted by molar-refractivity contribution is 7.19. The molecule has 0 bridgehead atoms. The van der Waals surface area contributed by atoms with Crippen LogP contribution in [0.5, 0.6) is 11.5 Å². The fourth-order valence-corrected chi connectivity index (χ4v) is 4.51. The predicted molar refractivity (Wildman–Crippen MR) is 115 cm³/mol. The highest BCUT2D eigenvalue weighted by Crippen LogP contribution is 2.38. The number of hydrogen-bond acceptors (Lipinski definition) is 8. The average molecular weight is 410 g/mol. The van der Waals surface area contributed by atoms with E-state index in [2.05, 4.69) is 22.9 Å². The maximum atomic E-state index is 9.54. The first-order chi connectivity index (χ1) is 14.0. The van der Waals surface area contributed by atoms with Gasteiger partial charge in [0.25, 0.3) is 0 Å². The second-order valence-electron chi connectivity index (χ2n) is 7.11. The lowest BCUT2D eigenvalue weighted by Gasteiger charge is -2.33. The second-order valence-corrected chi connectivity index (χ2v) is 8.11. The molecule has 1 fully saturated rings. The Bertz CT molecular complexity index is 1070. The molecule has 1 aliphatic rings. The molecule has 3 aromatic rings. The van der Waals surface area contributed by atoms with Crippen LogP contribution in [0.4, 0.5) is 5.82 Å². The van der Waals surface area contributed by atoms with Crippen LogP contribution < -0.4 is 14.4 Å². The van der Waals surface area contributed by atoms with Gasteiger partial charge in [-0.05, 0) is 31.7 Å². The molecule has 0 spiro atoms. The van der Waals surface area contributed by atoms with Gasteiger partial charge in [-0.25, -0.2) is 9.97 Å². The zero-order chi connectivity index (χ0) is 20.5. The summed E-state index contributed by atoms with van der Waals surface area (Å²) in [5.74, 6) is 2.87. The van der Waals surface area contributed by atoms with E-state index >= 15 is 0 Å². The zero-order valence-electron chi connectivity index (χ0n) is 17.0. The Labute approximate surface area is 174 Å². The van der Waals surface area contributed by atoms with Gasteiger partial charge in [0.05, 0.1) is 19.6 Å². The molecule has 150 valence electrons. The maximum absolute atomic E-state index is 9.54. The lowest BCUT2D eigenvalue weighted by molar-refractivity contribution is 0.312. The Hall–Kier alpha value is -2.89. The fraction of sp³-hybridized carbons (Fsp3) is 0.381. The van der Waals surface area contributed by atoms with Crippen molar-refractivity contribution in [3.8, 4) is 29.0 Å². The van der Waals surface area contributed by atoms with Gasteiger partial charge in [0.15, 0.2) is 5.82 Å². The normalized spacial score (nSPS) is 14.8. The number of ether oxygens (including phenoxy) is 2. The number of hydrogen-bond donors (Lipinski definition) is 0. The standard InChI is InChI=1S/C21H23N5O2S/c1-13-17(12-22)29-21-18(13)20(26-7-5-25(2)6-8-26)23-19(24-21)14-9-15(27-3)11-16(10-14)28-4/h9-11H,5-8H2,1-4H3. The van der Waals surface area contributed by atoms with E-state index in [1.807, 2.05) is 25.1 Å². The van der Waals surface area contributed by atoms with Gasteiger partial charge in [0.2, 0.25) is 0 Å². The average Bonchev–Trinajstić information content (AvgIpc) is 3.09. The smallest absolute Gasteiger partial charge is 0.163 e. The lowest BCUT2D eigenvalue weighted by Crippen LogP contribution is -2.45. The van der Waals surface area contributed by atoms with Crippen LogP contribution in [-0.4, -0.2) is 62.3 Å². The number of aromatic nitrogens is 2. The number of likely N-dealkylation sites (N-methyl/N-ethyl adjacent to an activating group) is 1. The molecule has 0 radical (unpaired) electrons. The van der Waals surface area contributed by atoms with Crippen molar-refractivity contribution in [1.82, 2.24) is 14.9 Å². The minimum Gasteiger partial charge on any atom is -0.497 e. The second kappa shape index (κ2) is 7.85. The first kappa shape index (κ1) is 19.4. The molecule has 0 aliphatic carbocycles. The third kappa shape index (κ3) is 3.59. The van der Waals surface area contributed by atoms with E-state index in [1.165, 1.54) is 11.3 Å². The first-order valence-electron chi connectivity index (χ1n) is 9.42. The largest absolute Gasteiger partial charge is 0.497 e. The van der Waals surface area contributed by atoms with Crippen molar-refractivity contribution in [2.24, 2.45) is 0 Å². The molecule has 0 atom stereocenters. The monoisotopic (exact) mass is 409 g/mol. The molecule has 0 saturated carbocycles. The van der Waals surface area contributed by atoms with Crippen LogP contribution in [0, 0.1) is 18.3 Å². The summed E-state index contributed by atoms with van der Waals surface area (Å²) in [7, 11) is 5.38. The van der Waals surface area contributed by atoms with Gasteiger partial charge in [-0.3, -0.25) is 0 Å². The van der Waals surface area contributed by atoms with Crippen LogP contribution in [0.3, 0.4) is 0 Å². The summed E-state index contributed by atoms with van der Waals surface area (Å²) in [6.45, 7) is 5.71. The van der Waals surface area contributed by atoms with Crippen molar-refractivity contribution in [2.45, 2.75) is 6.92 Å². The number of anilines is 1. The quantitative estimate of drug-likeness (QED) is 0.654. The van der Waals surface area contributed by atoms with Crippen LogP contribution >= 0.6 is 11.3 Å². The number of nitriles is 1. The molecule has 29 heavy (non-hydrogen) atoms. The Balaban J connectivity index is 1.91. The molecular weight excluding hydrogens is 386 g/mol. The molecule has 0 amide bonds. The Morgan fingerprint density at radius 3 is 2.28 bits per heavy atom. The van der Waals surface area contributed by atoms with Gasteiger partial charge in [-0.1, -0.05) is 0 Å². The van der Waals surface area contributed by atoms with E-state index in [9.17, 15) is 5.26 Å². The number of aryl methyl sites for hydroxylation is 1. The summed E-state index contributed by atoms with van der Waals surface area (Å²) in [6.07, 6.45) is 0. The van der Waals surface area contributed by atoms with Crippen molar-refractivity contribution in [3.63, 3.8) is 0 Å². The molecular formula is C21H23N5O2S. The number of thiophene rings is 1. The van der Waals surface area contributed by atoms with Crippen molar-refractivity contribution in [3.05, 3.63) is 28.6 Å². The first-order valence-corrected chi connectivity index (χ1v) is 10.2. The van der Waals surface area contributed by atoms with E-state index in [0.717, 1.165) is 53.3 Å². The fourth-order valence-electron chi connectivity index (χ4n) is 3.54. The highest BCUT2D eigenvalue weighted by Gasteiger charge is 2.23. The van der Waals surface area contributed by atoms with Gasteiger partial charge in [-0.2, -0.15) is 5.26 Å². The van der Waals surface area contributed by atoms with Gasteiger partial charge < -0.3 is 19.3 Å². The van der Waals surface area contributed by atoms with Gasteiger partial charge in [0, 0.05) is 37.8 Å². The summed E-state index contributed by atoms with van der Waals surface area (Å²) in [4.78, 5) is 15.9. The summed E-state index contributed by atoms with van der Waals surface area (Å²) in [5, 5.41) is 10.5. The minimum atomic E-state index is 0.606. The van der Waals surface area contributed by atoms with E-state index in [-0.39, 0.29) is 0 Å². The van der Waals surface area contributed by atoms with Crippen LogP contribution in [0.15, 0.2) is 18.2 Å². The number of rotatable bonds is 4. The lowest BCUT2D eigenvalue weighted by atomic mass is 10.1. The number of fused-ring (bicyclic) bond motifs is 1. The molecule has 2 aromatic heterocycles. The third-order valence-electron chi connectivity index (χ3n) is 5.29. The summed E-state index contributed by atoms with van der Waals surface area (Å²) in [5.41, 5.74) is 1.78. The molecule has 1 aromatic carbocycles. The molecule has 1 aliphatic heterocycles. The molecule has 1 saturated heterocycles. The summed E-state index contributed by atoms with van der Waals surface area (Å²) >= 11 is 1.42. The SMILES string of the molecule is COc1cc(OC)cc(-c2nc(N3CCN(C)CC3)c3c(C)c(C#N)sc3n2)c1. The van der Waals surface area contributed by atoms with Gasteiger partial charge >= 0.3 is 0 Å². The highest BCUT2D eigenvalue weighted by atomic mass is 32.1. The van der Waals surface area contributed by atoms with Crippen LogP contribution in [0.25, 0.3) is 21.6 Å². The summed E-state index contributed by atoms with van der Waals surface area (Å²) in [6, 6.07) is 7.94. The number of methoxy groups -OCH3 is 2. The van der Waals surface area contributed by atoms with Crippen molar-refractivity contribution >= 4 is 27.4 Å². The topological polar surface area (TPSA) is 74.5 Å². The molecule has 0 unspecified atom stereocenters. The Morgan fingerprint density at radius 2 is 1.69 bits per heavy atom. The van der Waals surface area contributed by atoms with Crippen molar-refractivity contribution < 1.29 is 9.47 Å². The van der Waals surface area contributed by atoms with E-state index in [0.29, 0.717) is 22.2 Å². The van der Waals surface area contributed by atoms with Crippen LogP contribution in [0.1, 0.15) is 10.4 Å². The number of benzene rings is 1. The van der Waals surface area contributed by atoms with Gasteiger partial charge in [0.1, 0.15) is 33.1 Å². The molecule has 0 N–H and O–H groups in total. The third-order valence-corrected chi connectivity index (χ3v) is 6.38. The Kier molecular flexibility index (Phi) is 5.26. The molecule has 8 heteroatoms. The Morgan fingerprint density at radius 1 is 1.03 bits per heavy atom. The van der Waals surface area contributed by atoms with Crippen molar-refractivity contribution in [1.29, 1.82) is 5.26 Å². The molecule has 3 heterocycles. The van der Waals surface area contributed by atoms with E-state index < -0.39 is 0 Å². The zero-order valence-corrected chi connectivity index (χ0v) is 17.8. The molecule has 4 rings (SSSR count). The summed E-state index contributed by atoms with van der Waals surface area (Å²) < 4.78 is 10.8. The van der Waals surface area contributed by atoms with E-state index in [1.54, 1.807) is 14.2 Å². The minimum absolute atomic E-state index is 0.606. The van der Waals surface area contributed by atoms with Crippen molar-refractivity contribution in [2.75, 3.05) is 52.3 Å². The van der Waals surface area contributed by atoms with Crippen LogP contribution in [-0.2, 0) is 0 Å². The van der Waals surface area contributed by atoms with Gasteiger partial charge in [-0.15, -0.1) is 11.3 Å². The predicted octanol–water partition coefficient (Wildman–Crippen LogP) is 3.31. The van der Waals surface area contributed by atoms with Crippen LogP contribution in [0.2, 0.25) is 0 Å². The number of nitrogens with zero attached hydrogens (tertiary/aromatic N) is 5. The number of piperazine rings is 1.